The largest absolute Gasteiger partial charge is 0.478 e. The first kappa shape index (κ1) is 16.6. The van der Waals surface area contributed by atoms with Crippen molar-refractivity contribution in [1.82, 2.24) is 0 Å². The van der Waals surface area contributed by atoms with E-state index < -0.39 is 17.3 Å². The molecule has 0 saturated heterocycles. The molecule has 0 spiro atoms. The fraction of sp³-hybridized carbons (Fsp3) is 0.364. The van der Waals surface area contributed by atoms with Gasteiger partial charge in [-0.2, -0.15) is 0 Å². The Labute approximate surface area is 114 Å². The lowest BCUT2D eigenvalue weighted by Gasteiger charge is -2.08. The van der Waals surface area contributed by atoms with Crippen molar-refractivity contribution in [2.45, 2.75) is 25.7 Å². The van der Waals surface area contributed by atoms with Gasteiger partial charge in [0.1, 0.15) is 11.4 Å². The number of carbonyl (C=O) groups is 1. The molecule has 0 unspecified atom stereocenters. The summed E-state index contributed by atoms with van der Waals surface area (Å²) in [5.41, 5.74) is -0.531. The maximum Gasteiger partial charge on any atom is 0.340 e. The summed E-state index contributed by atoms with van der Waals surface area (Å²) in [6.07, 6.45) is 0. The second kappa shape index (κ2) is 7.80. The average Bonchev–Trinajstić information content (AvgIpc) is 2.26. The zero-order chi connectivity index (χ0) is 13.6. The highest BCUT2D eigenvalue weighted by atomic mass is 35.5. The van der Waals surface area contributed by atoms with E-state index in [9.17, 15) is 9.18 Å². The van der Waals surface area contributed by atoms with Crippen molar-refractivity contribution in [3.63, 3.8) is 0 Å². The first-order chi connectivity index (χ1) is 7.99. The van der Waals surface area contributed by atoms with Crippen LogP contribution >= 0.6 is 35.0 Å². The predicted molar refractivity (Wildman–Crippen MR) is 71.1 cm³/mol. The molecule has 0 aliphatic heterocycles. The standard InChI is InChI=1S/C9H7Cl2FO2S.C2H6/c1-2-15-8-4(10)3-5(12)6(7(8)11)9(13)14;1-2/h3H,2H2,1H3,(H,13,14);1-2H3. The molecule has 0 atom stereocenters. The van der Waals surface area contributed by atoms with Gasteiger partial charge in [-0.3, -0.25) is 0 Å². The monoisotopic (exact) mass is 298 g/mol. The quantitative estimate of drug-likeness (QED) is 0.801. The molecule has 17 heavy (non-hydrogen) atoms. The van der Waals surface area contributed by atoms with Gasteiger partial charge in [0.15, 0.2) is 0 Å². The molecule has 1 rings (SSSR count). The number of hydrogen-bond donors (Lipinski definition) is 1. The average molecular weight is 299 g/mol. The van der Waals surface area contributed by atoms with Crippen LogP contribution in [0.1, 0.15) is 31.1 Å². The fourth-order valence-electron chi connectivity index (χ4n) is 1.04. The normalized spacial score (nSPS) is 9.53. The third kappa shape index (κ3) is 4.05. The van der Waals surface area contributed by atoms with Gasteiger partial charge in [0.2, 0.25) is 0 Å². The van der Waals surface area contributed by atoms with Gasteiger partial charge in [0, 0.05) is 4.90 Å². The van der Waals surface area contributed by atoms with Crippen LogP contribution in [-0.2, 0) is 0 Å². The Bertz CT molecular complexity index is 411. The van der Waals surface area contributed by atoms with Gasteiger partial charge in [-0.15, -0.1) is 11.8 Å². The number of hydrogen-bond acceptors (Lipinski definition) is 2. The van der Waals surface area contributed by atoms with E-state index in [1.165, 1.54) is 11.8 Å². The third-order valence-electron chi connectivity index (χ3n) is 1.63. The molecule has 96 valence electrons. The van der Waals surface area contributed by atoms with E-state index in [0.29, 0.717) is 10.6 Å². The van der Waals surface area contributed by atoms with Crippen LogP contribution < -0.4 is 0 Å². The number of carboxylic acid groups (broad SMARTS) is 1. The smallest absolute Gasteiger partial charge is 0.340 e. The summed E-state index contributed by atoms with van der Waals surface area (Å²) < 4.78 is 13.2. The molecule has 0 radical (unpaired) electrons. The predicted octanol–water partition coefficient (Wildman–Crippen LogP) is 4.97. The lowest BCUT2D eigenvalue weighted by Crippen LogP contribution is -2.03. The molecule has 6 heteroatoms. The van der Waals surface area contributed by atoms with Crippen LogP contribution in [0.15, 0.2) is 11.0 Å². The highest BCUT2D eigenvalue weighted by molar-refractivity contribution is 7.99. The first-order valence-corrected chi connectivity index (χ1v) is 6.76. The Morgan fingerprint density at radius 1 is 1.47 bits per heavy atom. The molecule has 0 bridgehead atoms. The van der Waals surface area contributed by atoms with Crippen molar-refractivity contribution >= 4 is 40.9 Å². The van der Waals surface area contributed by atoms with Crippen LogP contribution in [0.5, 0.6) is 0 Å². The van der Waals surface area contributed by atoms with Gasteiger partial charge in [0.05, 0.1) is 10.0 Å². The Morgan fingerprint density at radius 2 is 2.00 bits per heavy atom. The van der Waals surface area contributed by atoms with Gasteiger partial charge in [-0.25, -0.2) is 9.18 Å². The molecule has 1 N–H and O–H groups in total. The van der Waals surface area contributed by atoms with Crippen LogP contribution in [0.3, 0.4) is 0 Å². The second-order valence-electron chi connectivity index (χ2n) is 2.60. The second-order valence-corrected chi connectivity index (χ2v) is 4.66. The Kier molecular flexibility index (Phi) is 7.59. The van der Waals surface area contributed by atoms with Crippen molar-refractivity contribution in [3.05, 3.63) is 27.5 Å². The zero-order valence-electron chi connectivity index (χ0n) is 9.68. The molecule has 0 saturated carbocycles. The number of aromatic carboxylic acids is 1. The first-order valence-electron chi connectivity index (χ1n) is 5.02. The van der Waals surface area contributed by atoms with E-state index in [2.05, 4.69) is 0 Å². The number of rotatable bonds is 3. The number of halogens is 3. The van der Waals surface area contributed by atoms with E-state index in [4.69, 9.17) is 28.3 Å². The van der Waals surface area contributed by atoms with E-state index >= 15 is 0 Å². The van der Waals surface area contributed by atoms with Crippen molar-refractivity contribution in [2.24, 2.45) is 0 Å². The van der Waals surface area contributed by atoms with Crippen molar-refractivity contribution in [2.75, 3.05) is 5.75 Å². The van der Waals surface area contributed by atoms with E-state index in [-0.39, 0.29) is 10.0 Å². The molecular weight excluding hydrogens is 286 g/mol. The fourth-order valence-corrected chi connectivity index (χ4v) is 2.60. The topological polar surface area (TPSA) is 37.3 Å². The van der Waals surface area contributed by atoms with Gasteiger partial charge in [-0.05, 0) is 11.8 Å². The molecule has 1 aromatic rings. The SMILES string of the molecule is CC.CCSc1c(Cl)cc(F)c(C(=O)O)c1Cl. The van der Waals surface area contributed by atoms with Gasteiger partial charge in [-0.1, -0.05) is 44.0 Å². The summed E-state index contributed by atoms with van der Waals surface area (Å²) in [5.74, 6) is -1.64. The Morgan fingerprint density at radius 3 is 2.41 bits per heavy atom. The van der Waals surface area contributed by atoms with Crippen LogP contribution in [-0.4, -0.2) is 16.8 Å². The molecule has 0 amide bonds. The summed E-state index contributed by atoms with van der Waals surface area (Å²) in [7, 11) is 0. The lowest BCUT2D eigenvalue weighted by molar-refractivity contribution is 0.0692. The Hall–Kier alpha value is -0.450. The van der Waals surface area contributed by atoms with Crippen molar-refractivity contribution in [3.8, 4) is 0 Å². The van der Waals surface area contributed by atoms with E-state index in [0.717, 1.165) is 6.07 Å². The molecular formula is C11H13Cl2FO2S. The maximum absolute atomic E-state index is 13.2. The van der Waals surface area contributed by atoms with Crippen LogP contribution in [0, 0.1) is 5.82 Å². The lowest BCUT2D eigenvalue weighted by atomic mass is 10.2. The molecule has 1 aromatic carbocycles. The number of thioether (sulfide) groups is 1. The molecule has 0 aromatic heterocycles. The summed E-state index contributed by atoms with van der Waals surface area (Å²) in [4.78, 5) is 11.1. The molecule has 0 aliphatic rings. The summed E-state index contributed by atoms with van der Waals surface area (Å²) in [6, 6.07) is 0.967. The maximum atomic E-state index is 13.2. The Balaban J connectivity index is 0.00000121. The molecule has 0 fully saturated rings. The highest BCUT2D eigenvalue weighted by Crippen LogP contribution is 2.37. The zero-order valence-corrected chi connectivity index (χ0v) is 12.0. The van der Waals surface area contributed by atoms with Gasteiger partial charge in [0.25, 0.3) is 0 Å². The van der Waals surface area contributed by atoms with Crippen LogP contribution in [0.2, 0.25) is 10.0 Å². The summed E-state index contributed by atoms with van der Waals surface area (Å²) >= 11 is 12.8. The van der Waals surface area contributed by atoms with E-state index in [1.807, 2.05) is 20.8 Å². The van der Waals surface area contributed by atoms with Gasteiger partial charge < -0.3 is 5.11 Å². The van der Waals surface area contributed by atoms with Crippen LogP contribution in [0.4, 0.5) is 4.39 Å². The molecule has 0 heterocycles. The third-order valence-corrected chi connectivity index (χ3v) is 3.53. The summed E-state index contributed by atoms with van der Waals surface area (Å²) in [5, 5.41) is 8.75. The van der Waals surface area contributed by atoms with E-state index in [1.54, 1.807) is 0 Å². The molecule has 0 aliphatic carbocycles. The minimum atomic E-state index is -1.40. The molecule has 2 nitrogen and oxygen atoms in total. The van der Waals surface area contributed by atoms with Crippen LogP contribution in [0.25, 0.3) is 0 Å². The minimum absolute atomic E-state index is 0.134. The van der Waals surface area contributed by atoms with Gasteiger partial charge >= 0.3 is 5.97 Å². The van der Waals surface area contributed by atoms with Crippen molar-refractivity contribution in [1.29, 1.82) is 0 Å². The minimum Gasteiger partial charge on any atom is -0.478 e. The summed E-state index contributed by atoms with van der Waals surface area (Å²) in [6.45, 7) is 5.86. The number of benzene rings is 1. The van der Waals surface area contributed by atoms with Crippen molar-refractivity contribution < 1.29 is 14.3 Å². The highest BCUT2D eigenvalue weighted by Gasteiger charge is 2.21. The number of carboxylic acids is 1.